The van der Waals surface area contributed by atoms with Crippen molar-refractivity contribution in [3.8, 4) is 0 Å². The van der Waals surface area contributed by atoms with E-state index < -0.39 is 11.5 Å². The molecule has 5 nitrogen and oxygen atoms in total. The molecule has 0 radical (unpaired) electrons. The average molecular weight is 290 g/mol. The largest absolute Gasteiger partial charge is 0.480 e. The Balaban J connectivity index is 2.28. The van der Waals surface area contributed by atoms with Crippen LogP contribution < -0.4 is 10.6 Å². The summed E-state index contributed by atoms with van der Waals surface area (Å²) in [7, 11) is 0. The monoisotopic (exact) mass is 290 g/mol. The number of amides is 1. The molecule has 2 unspecified atom stereocenters. The lowest BCUT2D eigenvalue weighted by Gasteiger charge is -2.38. The minimum atomic E-state index is -1.04. The fourth-order valence-electron chi connectivity index (χ4n) is 3.08. The summed E-state index contributed by atoms with van der Waals surface area (Å²) in [5, 5.41) is 9.09. The summed E-state index contributed by atoms with van der Waals surface area (Å²) in [6, 6.07) is 8.86. The van der Waals surface area contributed by atoms with E-state index in [1.165, 1.54) is 4.90 Å². The number of carboxylic acids is 1. The van der Waals surface area contributed by atoms with Gasteiger partial charge in [-0.1, -0.05) is 38.0 Å². The van der Waals surface area contributed by atoms with Crippen LogP contribution in [0.4, 0.5) is 5.69 Å². The first-order valence-corrected chi connectivity index (χ1v) is 7.30. The molecule has 1 aliphatic rings. The fraction of sp³-hybridized carbons (Fsp3) is 0.500. The van der Waals surface area contributed by atoms with E-state index in [1.54, 1.807) is 24.3 Å². The fourth-order valence-corrected chi connectivity index (χ4v) is 3.08. The quantitative estimate of drug-likeness (QED) is 0.888. The van der Waals surface area contributed by atoms with Gasteiger partial charge in [0.05, 0.1) is 5.54 Å². The minimum absolute atomic E-state index is 0.289. The predicted molar refractivity (Wildman–Crippen MR) is 81.0 cm³/mol. The van der Waals surface area contributed by atoms with Crippen molar-refractivity contribution >= 4 is 17.6 Å². The number of para-hydroxylation sites is 1. The number of carboxylic acid groups (broad SMARTS) is 1. The van der Waals surface area contributed by atoms with E-state index in [-0.39, 0.29) is 12.5 Å². The van der Waals surface area contributed by atoms with Crippen molar-refractivity contribution in [2.75, 3.05) is 11.4 Å². The Morgan fingerprint density at radius 1 is 1.38 bits per heavy atom. The highest BCUT2D eigenvalue weighted by Crippen LogP contribution is 2.33. The van der Waals surface area contributed by atoms with Crippen molar-refractivity contribution in [3.05, 3.63) is 30.3 Å². The molecule has 1 saturated carbocycles. The van der Waals surface area contributed by atoms with Crippen LogP contribution in [0.15, 0.2) is 30.3 Å². The second-order valence-corrected chi connectivity index (χ2v) is 5.98. The van der Waals surface area contributed by atoms with E-state index in [0.717, 1.165) is 12.8 Å². The standard InChI is InChI=1S/C16H22N2O3/c1-12-6-5-9-16(17,10-12)15(21)18(11-14(19)20)13-7-3-2-4-8-13/h2-4,7-8,12H,5-6,9-11,17H2,1H3,(H,19,20). The Kier molecular flexibility index (Phi) is 4.63. The van der Waals surface area contributed by atoms with Gasteiger partial charge in [0.2, 0.25) is 5.91 Å². The second kappa shape index (κ2) is 6.26. The number of carbonyl (C=O) groups is 2. The third-order valence-corrected chi connectivity index (χ3v) is 4.06. The van der Waals surface area contributed by atoms with E-state index in [2.05, 4.69) is 6.92 Å². The lowest BCUT2D eigenvalue weighted by Crippen LogP contribution is -2.58. The summed E-state index contributed by atoms with van der Waals surface area (Å²) in [6.45, 7) is 1.72. The van der Waals surface area contributed by atoms with Crippen molar-refractivity contribution in [2.45, 2.75) is 38.1 Å². The maximum absolute atomic E-state index is 12.8. The molecule has 114 valence electrons. The van der Waals surface area contributed by atoms with Gasteiger partial charge >= 0.3 is 5.97 Å². The van der Waals surface area contributed by atoms with Gasteiger partial charge in [-0.2, -0.15) is 0 Å². The molecule has 2 rings (SSSR count). The van der Waals surface area contributed by atoms with E-state index in [4.69, 9.17) is 10.8 Å². The third kappa shape index (κ3) is 3.61. The molecule has 0 aliphatic heterocycles. The Bertz CT molecular complexity index is 518. The van der Waals surface area contributed by atoms with Gasteiger partial charge < -0.3 is 10.8 Å². The number of hydrogen-bond acceptors (Lipinski definition) is 3. The molecule has 0 saturated heterocycles. The van der Waals surface area contributed by atoms with E-state index in [9.17, 15) is 9.59 Å². The molecule has 1 fully saturated rings. The molecule has 0 bridgehead atoms. The molecule has 21 heavy (non-hydrogen) atoms. The van der Waals surface area contributed by atoms with Crippen LogP contribution in [0.25, 0.3) is 0 Å². The van der Waals surface area contributed by atoms with Crippen molar-refractivity contribution in [1.29, 1.82) is 0 Å². The van der Waals surface area contributed by atoms with Gasteiger partial charge in [0.1, 0.15) is 6.54 Å². The lowest BCUT2D eigenvalue weighted by molar-refractivity contribution is -0.137. The van der Waals surface area contributed by atoms with E-state index >= 15 is 0 Å². The summed E-state index contributed by atoms with van der Waals surface area (Å²) in [6.07, 6.45) is 3.18. The second-order valence-electron chi connectivity index (χ2n) is 5.98. The molecule has 0 heterocycles. The minimum Gasteiger partial charge on any atom is -0.480 e. The Morgan fingerprint density at radius 2 is 2.05 bits per heavy atom. The zero-order chi connectivity index (χ0) is 15.5. The molecule has 1 aliphatic carbocycles. The van der Waals surface area contributed by atoms with Crippen molar-refractivity contribution in [3.63, 3.8) is 0 Å². The van der Waals surface area contributed by atoms with Crippen LogP contribution in [0.2, 0.25) is 0 Å². The van der Waals surface area contributed by atoms with Gasteiger partial charge in [-0.15, -0.1) is 0 Å². The Hall–Kier alpha value is -1.88. The van der Waals surface area contributed by atoms with Crippen LogP contribution in [0.3, 0.4) is 0 Å². The highest BCUT2D eigenvalue weighted by atomic mass is 16.4. The van der Waals surface area contributed by atoms with Crippen LogP contribution in [0.5, 0.6) is 0 Å². The molecular formula is C16H22N2O3. The van der Waals surface area contributed by atoms with Gasteiger partial charge in [-0.25, -0.2) is 0 Å². The summed E-state index contributed by atoms with van der Waals surface area (Å²) >= 11 is 0. The zero-order valence-corrected chi connectivity index (χ0v) is 12.3. The summed E-state index contributed by atoms with van der Waals surface area (Å²) in [4.78, 5) is 25.2. The first-order valence-electron chi connectivity index (χ1n) is 7.30. The first kappa shape index (κ1) is 15.5. The first-order chi connectivity index (χ1) is 9.92. The molecule has 1 aromatic rings. The number of carbonyl (C=O) groups excluding carboxylic acids is 1. The summed E-state index contributed by atoms with van der Waals surface area (Å²) in [5.74, 6) is -0.947. The number of rotatable bonds is 4. The SMILES string of the molecule is CC1CCCC(N)(C(=O)N(CC(=O)O)c2ccccc2)C1. The molecule has 1 amide bonds. The van der Waals surface area contributed by atoms with Crippen molar-refractivity contribution in [1.82, 2.24) is 0 Å². The highest BCUT2D eigenvalue weighted by molar-refractivity contribution is 6.03. The molecule has 5 heteroatoms. The molecule has 2 atom stereocenters. The van der Waals surface area contributed by atoms with Crippen LogP contribution in [0.1, 0.15) is 32.6 Å². The number of nitrogens with zero attached hydrogens (tertiary/aromatic N) is 1. The van der Waals surface area contributed by atoms with Gasteiger partial charge in [-0.3, -0.25) is 14.5 Å². The van der Waals surface area contributed by atoms with Gasteiger partial charge in [0.25, 0.3) is 0 Å². The number of benzene rings is 1. The number of nitrogens with two attached hydrogens (primary N) is 1. The number of aliphatic carboxylic acids is 1. The topological polar surface area (TPSA) is 83.6 Å². The molecule has 0 spiro atoms. The smallest absolute Gasteiger partial charge is 0.323 e. The third-order valence-electron chi connectivity index (χ3n) is 4.06. The number of anilines is 1. The van der Waals surface area contributed by atoms with Crippen molar-refractivity contribution < 1.29 is 14.7 Å². The zero-order valence-electron chi connectivity index (χ0n) is 12.3. The molecule has 0 aromatic heterocycles. The predicted octanol–water partition coefficient (Wildman–Crippen LogP) is 2.01. The Morgan fingerprint density at radius 3 is 2.62 bits per heavy atom. The molecule has 1 aromatic carbocycles. The summed E-state index contributed by atoms with van der Waals surface area (Å²) < 4.78 is 0. The van der Waals surface area contributed by atoms with E-state index in [0.29, 0.717) is 24.4 Å². The van der Waals surface area contributed by atoms with Gasteiger partial charge in [-0.05, 0) is 30.9 Å². The average Bonchev–Trinajstić information content (AvgIpc) is 2.44. The number of hydrogen-bond donors (Lipinski definition) is 2. The maximum Gasteiger partial charge on any atom is 0.323 e. The van der Waals surface area contributed by atoms with Crippen LogP contribution in [-0.2, 0) is 9.59 Å². The van der Waals surface area contributed by atoms with Crippen LogP contribution >= 0.6 is 0 Å². The van der Waals surface area contributed by atoms with Gasteiger partial charge in [0.15, 0.2) is 0 Å². The highest BCUT2D eigenvalue weighted by Gasteiger charge is 2.41. The molecule has 3 N–H and O–H groups in total. The lowest BCUT2D eigenvalue weighted by atomic mass is 9.76. The Labute approximate surface area is 124 Å². The summed E-state index contributed by atoms with van der Waals surface area (Å²) in [5.41, 5.74) is 5.94. The van der Waals surface area contributed by atoms with Crippen molar-refractivity contribution in [2.24, 2.45) is 11.7 Å². The van der Waals surface area contributed by atoms with E-state index in [1.807, 2.05) is 6.07 Å². The van der Waals surface area contributed by atoms with Gasteiger partial charge in [0, 0.05) is 5.69 Å². The normalized spacial score (nSPS) is 25.3. The maximum atomic E-state index is 12.8. The van der Waals surface area contributed by atoms with Crippen LogP contribution in [0, 0.1) is 5.92 Å². The molecular weight excluding hydrogens is 268 g/mol. The van der Waals surface area contributed by atoms with Crippen LogP contribution in [-0.4, -0.2) is 29.1 Å².